The van der Waals surface area contributed by atoms with Gasteiger partial charge in [0, 0.05) is 11.7 Å². The fourth-order valence-corrected chi connectivity index (χ4v) is 2.93. The molecular weight excluding hydrogens is 340 g/mol. The van der Waals surface area contributed by atoms with Gasteiger partial charge in [-0.2, -0.15) is 0 Å². The van der Waals surface area contributed by atoms with Gasteiger partial charge in [-0.15, -0.1) is 0 Å². The van der Waals surface area contributed by atoms with Crippen LogP contribution in [0.2, 0.25) is 0 Å². The van der Waals surface area contributed by atoms with Crippen molar-refractivity contribution < 1.29 is 9.53 Å². The smallest absolute Gasteiger partial charge is 0.407 e. The lowest BCUT2D eigenvalue weighted by molar-refractivity contribution is 0.0700. The third-order valence-corrected chi connectivity index (χ3v) is 3.90. The van der Waals surface area contributed by atoms with Crippen molar-refractivity contribution in [1.29, 1.82) is 0 Å². The minimum atomic E-state index is -0.459. The summed E-state index contributed by atoms with van der Waals surface area (Å²) < 4.78 is 7.74. The molecule has 25 heavy (non-hydrogen) atoms. The van der Waals surface area contributed by atoms with Gasteiger partial charge in [-0.25, -0.2) is 4.79 Å². The van der Waals surface area contributed by atoms with Crippen molar-refractivity contribution in [2.75, 3.05) is 0 Å². The van der Waals surface area contributed by atoms with Crippen LogP contribution in [-0.4, -0.2) is 32.3 Å². The molecule has 7 nitrogen and oxygen atoms in total. The molecule has 1 amide bonds. The summed E-state index contributed by atoms with van der Waals surface area (Å²) in [5.74, 6) is 0.339. The van der Waals surface area contributed by atoms with E-state index in [0.29, 0.717) is 34.7 Å². The third kappa shape index (κ3) is 5.19. The first-order chi connectivity index (χ1) is 11.6. The predicted octanol–water partition coefficient (Wildman–Crippen LogP) is 3.33. The van der Waals surface area contributed by atoms with Crippen molar-refractivity contribution in [2.24, 2.45) is 5.92 Å². The Morgan fingerprint density at radius 2 is 2.08 bits per heavy atom. The molecule has 0 aliphatic rings. The number of nitrogens with one attached hydrogen (secondary N) is 3. The van der Waals surface area contributed by atoms with Crippen LogP contribution >= 0.6 is 12.2 Å². The molecule has 1 atom stereocenters. The Balaban J connectivity index is 2.29. The molecule has 2 aromatic rings. The van der Waals surface area contributed by atoms with Gasteiger partial charge in [-0.3, -0.25) is 9.78 Å². The minimum Gasteiger partial charge on any atom is -0.444 e. The SMILES string of the molecule is CC(C)C[C@@H](Cn1c(=S)[nH]c(=O)c2[nH]ccc21)OC(=O)NC(C)(C)C. The van der Waals surface area contributed by atoms with Crippen molar-refractivity contribution in [2.45, 2.75) is 59.2 Å². The first-order valence-corrected chi connectivity index (χ1v) is 8.76. The fraction of sp³-hybridized carbons (Fsp3) is 0.588. The second kappa shape index (κ2) is 7.43. The molecular formula is C17H26N4O3S. The maximum absolute atomic E-state index is 12.2. The molecule has 0 bridgehead atoms. The van der Waals surface area contributed by atoms with Crippen LogP contribution < -0.4 is 10.9 Å². The number of aromatic amines is 2. The quantitative estimate of drug-likeness (QED) is 0.708. The van der Waals surface area contributed by atoms with Crippen molar-refractivity contribution in [3.8, 4) is 0 Å². The summed E-state index contributed by atoms with van der Waals surface area (Å²) in [6.07, 6.45) is 1.55. The number of rotatable bonds is 5. The Kier molecular flexibility index (Phi) is 5.72. The molecule has 0 aromatic carbocycles. The van der Waals surface area contributed by atoms with Crippen molar-refractivity contribution >= 4 is 29.3 Å². The van der Waals surface area contributed by atoms with Gasteiger partial charge in [-0.05, 0) is 51.4 Å². The van der Waals surface area contributed by atoms with Gasteiger partial charge in [0.05, 0.1) is 12.1 Å². The topological polar surface area (TPSA) is 91.9 Å². The van der Waals surface area contributed by atoms with E-state index in [1.165, 1.54) is 0 Å². The largest absolute Gasteiger partial charge is 0.444 e. The Morgan fingerprint density at radius 3 is 2.68 bits per heavy atom. The van der Waals surface area contributed by atoms with Gasteiger partial charge in [0.2, 0.25) is 0 Å². The summed E-state index contributed by atoms with van der Waals surface area (Å²) >= 11 is 5.30. The van der Waals surface area contributed by atoms with Gasteiger partial charge in [0.1, 0.15) is 11.6 Å². The predicted molar refractivity (Wildman–Crippen MR) is 100 cm³/mol. The zero-order valence-electron chi connectivity index (χ0n) is 15.3. The Hall–Kier alpha value is -2.09. The zero-order chi connectivity index (χ0) is 18.8. The zero-order valence-corrected chi connectivity index (χ0v) is 16.1. The van der Waals surface area contributed by atoms with E-state index in [1.54, 1.807) is 16.8 Å². The molecule has 0 aliphatic carbocycles. The molecule has 3 N–H and O–H groups in total. The molecule has 8 heteroatoms. The van der Waals surface area contributed by atoms with Gasteiger partial charge < -0.3 is 19.6 Å². The van der Waals surface area contributed by atoms with E-state index in [0.717, 1.165) is 0 Å². The average molecular weight is 366 g/mol. The normalized spacial score (nSPS) is 13.2. The van der Waals surface area contributed by atoms with Crippen LogP contribution in [0.3, 0.4) is 0 Å². The summed E-state index contributed by atoms with van der Waals surface area (Å²) in [5, 5.41) is 2.80. The third-order valence-electron chi connectivity index (χ3n) is 3.58. The van der Waals surface area contributed by atoms with Crippen LogP contribution in [0.15, 0.2) is 17.1 Å². The van der Waals surface area contributed by atoms with E-state index >= 15 is 0 Å². The summed E-state index contributed by atoms with van der Waals surface area (Å²) in [7, 11) is 0. The second-order valence-corrected chi connectivity index (χ2v) is 8.03. The molecule has 2 rings (SSSR count). The van der Waals surface area contributed by atoms with Gasteiger partial charge in [-0.1, -0.05) is 13.8 Å². The maximum Gasteiger partial charge on any atom is 0.407 e. The van der Waals surface area contributed by atoms with Crippen LogP contribution in [0, 0.1) is 10.7 Å². The number of ether oxygens (including phenoxy) is 1. The van der Waals surface area contributed by atoms with Gasteiger partial charge in [0.25, 0.3) is 5.56 Å². The van der Waals surface area contributed by atoms with E-state index in [2.05, 4.69) is 29.1 Å². The highest BCUT2D eigenvalue weighted by molar-refractivity contribution is 7.71. The lowest BCUT2D eigenvalue weighted by Crippen LogP contribution is -2.43. The summed E-state index contributed by atoms with van der Waals surface area (Å²) in [4.78, 5) is 29.7. The van der Waals surface area contributed by atoms with E-state index in [9.17, 15) is 9.59 Å². The monoisotopic (exact) mass is 366 g/mol. The van der Waals surface area contributed by atoms with Crippen LogP contribution in [0.1, 0.15) is 41.0 Å². The number of fused-ring (bicyclic) bond motifs is 1. The van der Waals surface area contributed by atoms with Gasteiger partial charge >= 0.3 is 6.09 Å². The maximum atomic E-state index is 12.2. The Morgan fingerprint density at radius 1 is 1.40 bits per heavy atom. The molecule has 0 unspecified atom stereocenters. The van der Waals surface area contributed by atoms with E-state index in [1.807, 2.05) is 20.8 Å². The number of carbonyl (C=O) groups excluding carboxylic acids is 1. The lowest BCUT2D eigenvalue weighted by Gasteiger charge is -2.25. The summed E-state index contributed by atoms with van der Waals surface area (Å²) in [5.41, 5.74) is 0.522. The van der Waals surface area contributed by atoms with Crippen LogP contribution in [0.4, 0.5) is 4.79 Å². The first kappa shape index (κ1) is 19.2. The number of nitrogens with zero attached hydrogens (tertiary/aromatic N) is 1. The summed E-state index contributed by atoms with van der Waals surface area (Å²) in [6.45, 7) is 10.2. The Bertz CT molecular complexity index is 857. The van der Waals surface area contributed by atoms with Crippen molar-refractivity contribution in [1.82, 2.24) is 19.9 Å². The molecule has 0 spiro atoms. The van der Waals surface area contributed by atoms with Crippen LogP contribution in [-0.2, 0) is 11.3 Å². The van der Waals surface area contributed by atoms with Crippen molar-refractivity contribution in [3.63, 3.8) is 0 Å². The standard InChI is InChI=1S/C17H26N4O3S/c1-10(2)8-11(24-16(23)20-17(3,4)5)9-21-12-6-7-18-13(12)14(22)19-15(21)25/h6-7,10-11,18H,8-9H2,1-5H3,(H,20,23)(H,19,22,25)/t11-/m0/s1. The lowest BCUT2D eigenvalue weighted by atomic mass is 10.1. The van der Waals surface area contributed by atoms with Gasteiger partial charge in [0.15, 0.2) is 4.77 Å². The summed E-state index contributed by atoms with van der Waals surface area (Å²) in [6, 6.07) is 1.79. The highest BCUT2D eigenvalue weighted by Crippen LogP contribution is 2.15. The molecule has 0 radical (unpaired) electrons. The fourth-order valence-electron chi connectivity index (χ4n) is 2.66. The number of amides is 1. The number of hydrogen-bond acceptors (Lipinski definition) is 4. The van der Waals surface area contributed by atoms with Crippen LogP contribution in [0.25, 0.3) is 11.0 Å². The number of carbonyl (C=O) groups is 1. The number of H-pyrrole nitrogens is 2. The van der Waals surface area contributed by atoms with Crippen molar-refractivity contribution in [3.05, 3.63) is 27.4 Å². The number of alkyl carbamates (subject to hydrolysis) is 1. The second-order valence-electron chi connectivity index (χ2n) is 7.64. The number of hydrogen-bond donors (Lipinski definition) is 3. The Labute approximate surface area is 151 Å². The van der Waals surface area contributed by atoms with E-state index in [4.69, 9.17) is 17.0 Å². The van der Waals surface area contributed by atoms with E-state index < -0.39 is 6.09 Å². The van der Waals surface area contributed by atoms with E-state index in [-0.39, 0.29) is 17.2 Å². The number of aromatic nitrogens is 3. The molecule has 0 fully saturated rings. The molecule has 0 saturated heterocycles. The highest BCUT2D eigenvalue weighted by atomic mass is 32.1. The molecule has 2 aromatic heterocycles. The average Bonchev–Trinajstić information content (AvgIpc) is 2.90. The molecule has 138 valence electrons. The minimum absolute atomic E-state index is 0.256. The first-order valence-electron chi connectivity index (χ1n) is 8.36. The molecule has 2 heterocycles. The van der Waals surface area contributed by atoms with Crippen LogP contribution in [0.5, 0.6) is 0 Å². The highest BCUT2D eigenvalue weighted by Gasteiger charge is 2.21. The molecule has 0 aliphatic heterocycles. The molecule has 0 saturated carbocycles.